The van der Waals surface area contributed by atoms with Gasteiger partial charge in [-0.05, 0) is 30.5 Å². The fourth-order valence-electron chi connectivity index (χ4n) is 3.19. The predicted molar refractivity (Wildman–Crippen MR) is 102 cm³/mol. The van der Waals surface area contributed by atoms with Gasteiger partial charge in [0.1, 0.15) is 17.4 Å². The number of ether oxygens (including phenoxy) is 2. The van der Waals surface area contributed by atoms with Crippen molar-refractivity contribution in [2.75, 3.05) is 6.61 Å². The molecule has 0 fully saturated rings. The molecule has 1 aliphatic heterocycles. The molecule has 2 aromatic carbocycles. The fraction of sp³-hybridized carbons (Fsp3) is 0.182. The molecule has 1 atom stereocenters. The number of rotatable bonds is 4. The highest BCUT2D eigenvalue weighted by molar-refractivity contribution is 5.92. The molecular formula is C22H20N2O3. The molecule has 136 valence electrons. The quantitative estimate of drug-likeness (QED) is 0.833. The van der Waals surface area contributed by atoms with E-state index in [4.69, 9.17) is 15.2 Å². The molecule has 3 rings (SSSR count). The Bertz CT molecular complexity index is 951. The van der Waals surface area contributed by atoms with Gasteiger partial charge >= 0.3 is 5.97 Å². The lowest BCUT2D eigenvalue weighted by atomic mass is 9.82. The van der Waals surface area contributed by atoms with E-state index >= 15 is 0 Å². The van der Waals surface area contributed by atoms with Gasteiger partial charge in [0.2, 0.25) is 5.88 Å². The third-order valence-electron chi connectivity index (χ3n) is 4.45. The predicted octanol–water partition coefficient (Wildman–Crippen LogP) is 4.00. The van der Waals surface area contributed by atoms with E-state index in [-0.39, 0.29) is 18.1 Å². The Morgan fingerprint density at radius 2 is 1.78 bits per heavy atom. The Labute approximate surface area is 158 Å². The Hall–Kier alpha value is -3.52. The molecule has 1 aliphatic rings. The molecule has 0 aromatic heterocycles. The molecule has 0 unspecified atom stereocenters. The second-order valence-electron chi connectivity index (χ2n) is 6.10. The van der Waals surface area contributed by atoms with E-state index in [1.165, 1.54) is 0 Å². The first-order chi connectivity index (χ1) is 13.1. The number of nitrogens with zero attached hydrogens (tertiary/aromatic N) is 1. The van der Waals surface area contributed by atoms with Crippen LogP contribution in [-0.2, 0) is 14.3 Å². The van der Waals surface area contributed by atoms with E-state index in [9.17, 15) is 10.1 Å². The van der Waals surface area contributed by atoms with E-state index in [2.05, 4.69) is 6.07 Å². The lowest BCUT2D eigenvalue weighted by Crippen LogP contribution is -2.25. The van der Waals surface area contributed by atoms with Crippen molar-refractivity contribution in [1.29, 1.82) is 5.26 Å². The number of esters is 1. The zero-order chi connectivity index (χ0) is 19.4. The van der Waals surface area contributed by atoms with Crippen LogP contribution in [0.5, 0.6) is 0 Å². The molecule has 0 amide bonds. The zero-order valence-electron chi connectivity index (χ0n) is 15.2. The topological polar surface area (TPSA) is 85.3 Å². The van der Waals surface area contributed by atoms with Gasteiger partial charge in [0, 0.05) is 0 Å². The average molecular weight is 360 g/mol. The van der Waals surface area contributed by atoms with Crippen LogP contribution in [-0.4, -0.2) is 12.6 Å². The smallest absolute Gasteiger partial charge is 0.338 e. The second kappa shape index (κ2) is 7.79. The molecule has 5 nitrogen and oxygen atoms in total. The summed E-state index contributed by atoms with van der Waals surface area (Å²) in [6, 6.07) is 19.8. The van der Waals surface area contributed by atoms with Crippen molar-refractivity contribution in [3.63, 3.8) is 0 Å². The van der Waals surface area contributed by atoms with Crippen LogP contribution in [0.3, 0.4) is 0 Å². The van der Waals surface area contributed by atoms with Gasteiger partial charge in [-0.25, -0.2) is 4.79 Å². The molecule has 0 radical (unpaired) electrons. The van der Waals surface area contributed by atoms with Gasteiger partial charge in [0.15, 0.2) is 0 Å². The number of hydrogen-bond acceptors (Lipinski definition) is 5. The number of carbonyl (C=O) groups is 1. The van der Waals surface area contributed by atoms with Crippen LogP contribution in [0.15, 0.2) is 77.4 Å². The van der Waals surface area contributed by atoms with Crippen LogP contribution in [0.2, 0.25) is 0 Å². The number of hydrogen-bond donors (Lipinski definition) is 1. The van der Waals surface area contributed by atoms with Gasteiger partial charge in [0.25, 0.3) is 0 Å². The molecule has 0 saturated carbocycles. The van der Waals surface area contributed by atoms with Gasteiger partial charge < -0.3 is 15.2 Å². The molecule has 0 saturated heterocycles. The number of nitrogens with two attached hydrogens (primary N) is 1. The Morgan fingerprint density at radius 3 is 2.37 bits per heavy atom. The van der Waals surface area contributed by atoms with E-state index in [0.29, 0.717) is 11.3 Å². The third kappa shape index (κ3) is 3.56. The van der Waals surface area contributed by atoms with E-state index < -0.39 is 11.9 Å². The Kier molecular flexibility index (Phi) is 5.28. The van der Waals surface area contributed by atoms with E-state index in [0.717, 1.165) is 16.7 Å². The molecule has 0 aliphatic carbocycles. The normalized spacial score (nSPS) is 16.6. The first kappa shape index (κ1) is 18.3. The summed E-state index contributed by atoms with van der Waals surface area (Å²) < 4.78 is 10.6. The average Bonchev–Trinajstić information content (AvgIpc) is 2.68. The Morgan fingerprint density at radius 1 is 1.15 bits per heavy atom. The van der Waals surface area contributed by atoms with Crippen LogP contribution < -0.4 is 5.73 Å². The molecule has 0 spiro atoms. The highest BCUT2D eigenvalue weighted by atomic mass is 16.5. The van der Waals surface area contributed by atoms with Crippen molar-refractivity contribution >= 4 is 5.97 Å². The minimum Gasteiger partial charge on any atom is -0.463 e. The van der Waals surface area contributed by atoms with Gasteiger partial charge in [-0.3, -0.25) is 0 Å². The van der Waals surface area contributed by atoms with Crippen LogP contribution in [0.25, 0.3) is 11.1 Å². The molecule has 5 heteroatoms. The molecule has 27 heavy (non-hydrogen) atoms. The fourth-order valence-corrected chi connectivity index (χ4v) is 3.19. The van der Waals surface area contributed by atoms with Crippen LogP contribution in [0.1, 0.15) is 25.3 Å². The summed E-state index contributed by atoms with van der Waals surface area (Å²) >= 11 is 0. The van der Waals surface area contributed by atoms with Crippen molar-refractivity contribution in [2.45, 2.75) is 19.8 Å². The molecule has 2 N–H and O–H groups in total. The summed E-state index contributed by atoms with van der Waals surface area (Å²) in [5, 5.41) is 9.60. The van der Waals surface area contributed by atoms with Crippen LogP contribution in [0, 0.1) is 11.3 Å². The number of benzene rings is 2. The standard InChI is InChI=1S/C22H20N2O3/c1-3-26-22(25)19-14(2)27-21(24)18(13-23)20(19)17-11-9-16(10-12-17)15-7-5-4-6-8-15/h4-12,20H,3,24H2,1-2H3/t20-/m1/s1. The van der Waals surface area contributed by atoms with Crippen molar-refractivity contribution in [3.05, 3.63) is 82.9 Å². The van der Waals surface area contributed by atoms with Crippen molar-refractivity contribution in [2.24, 2.45) is 5.73 Å². The summed E-state index contributed by atoms with van der Waals surface area (Å²) in [7, 11) is 0. The lowest BCUT2D eigenvalue weighted by Gasteiger charge is -2.27. The number of allylic oxidation sites excluding steroid dienone is 2. The largest absolute Gasteiger partial charge is 0.463 e. The SMILES string of the molecule is CCOC(=O)C1=C(C)OC(N)=C(C#N)[C@H]1c1ccc(-c2ccccc2)cc1. The molecule has 2 aromatic rings. The highest BCUT2D eigenvalue weighted by Crippen LogP contribution is 2.40. The molecule has 0 bridgehead atoms. The van der Waals surface area contributed by atoms with Crippen LogP contribution in [0.4, 0.5) is 0 Å². The van der Waals surface area contributed by atoms with Crippen molar-refractivity contribution < 1.29 is 14.3 Å². The zero-order valence-corrected chi connectivity index (χ0v) is 15.2. The van der Waals surface area contributed by atoms with Crippen LogP contribution >= 0.6 is 0 Å². The number of nitriles is 1. The van der Waals surface area contributed by atoms with Gasteiger partial charge in [0.05, 0.1) is 18.1 Å². The summed E-state index contributed by atoms with van der Waals surface area (Å²) in [6.45, 7) is 3.62. The first-order valence-corrected chi connectivity index (χ1v) is 8.67. The lowest BCUT2D eigenvalue weighted by molar-refractivity contribution is -0.139. The second-order valence-corrected chi connectivity index (χ2v) is 6.10. The number of carbonyl (C=O) groups excluding carboxylic acids is 1. The maximum Gasteiger partial charge on any atom is 0.338 e. The third-order valence-corrected chi connectivity index (χ3v) is 4.45. The minimum absolute atomic E-state index is 0.0141. The minimum atomic E-state index is -0.618. The first-order valence-electron chi connectivity index (χ1n) is 8.67. The van der Waals surface area contributed by atoms with Gasteiger partial charge in [-0.1, -0.05) is 54.6 Å². The Balaban J connectivity index is 2.06. The summed E-state index contributed by atoms with van der Waals surface area (Å²) in [4.78, 5) is 12.5. The van der Waals surface area contributed by atoms with E-state index in [1.807, 2.05) is 54.6 Å². The maximum atomic E-state index is 12.5. The van der Waals surface area contributed by atoms with Crippen molar-refractivity contribution in [3.8, 4) is 17.2 Å². The highest BCUT2D eigenvalue weighted by Gasteiger charge is 2.36. The summed E-state index contributed by atoms with van der Waals surface area (Å²) in [5.41, 5.74) is 9.33. The monoisotopic (exact) mass is 360 g/mol. The summed E-state index contributed by atoms with van der Waals surface area (Å²) in [6.07, 6.45) is 0. The summed E-state index contributed by atoms with van der Waals surface area (Å²) in [5.74, 6) is -0.762. The molecular weight excluding hydrogens is 340 g/mol. The maximum absolute atomic E-state index is 12.5. The van der Waals surface area contributed by atoms with Gasteiger partial charge in [-0.2, -0.15) is 5.26 Å². The van der Waals surface area contributed by atoms with Crippen molar-refractivity contribution in [1.82, 2.24) is 0 Å². The van der Waals surface area contributed by atoms with E-state index in [1.54, 1.807) is 13.8 Å². The van der Waals surface area contributed by atoms with Gasteiger partial charge in [-0.15, -0.1) is 0 Å². The molecule has 1 heterocycles.